The van der Waals surface area contributed by atoms with Crippen molar-refractivity contribution in [1.82, 2.24) is 0 Å². The summed E-state index contributed by atoms with van der Waals surface area (Å²) >= 11 is 6.46. The molecule has 8 heteroatoms. The summed E-state index contributed by atoms with van der Waals surface area (Å²) in [6.07, 6.45) is -2.59. The Bertz CT molecular complexity index is 1340. The second-order valence-corrected chi connectivity index (χ2v) is 9.40. The van der Waals surface area contributed by atoms with E-state index in [4.69, 9.17) is 25.5 Å². The van der Waals surface area contributed by atoms with E-state index in [-0.39, 0.29) is 25.5 Å². The molecule has 1 aliphatic rings. The summed E-state index contributed by atoms with van der Waals surface area (Å²) in [7, 11) is 0. The summed E-state index contributed by atoms with van der Waals surface area (Å²) in [5.41, 5.74) is 3.22. The van der Waals surface area contributed by atoms with Gasteiger partial charge in [-0.3, -0.25) is 0 Å². The fourth-order valence-electron chi connectivity index (χ4n) is 4.46. The molecule has 0 radical (unpaired) electrons. The third kappa shape index (κ3) is 5.40. The van der Waals surface area contributed by atoms with Crippen LogP contribution in [0.1, 0.15) is 35.0 Å². The van der Waals surface area contributed by atoms with Crippen molar-refractivity contribution in [1.29, 1.82) is 0 Å². The van der Waals surface area contributed by atoms with Crippen LogP contribution in [0.4, 0.5) is 4.39 Å². The predicted octanol–water partition coefficient (Wildman–Crippen LogP) is 4.94. The van der Waals surface area contributed by atoms with Crippen LogP contribution in [0.15, 0.2) is 71.1 Å². The van der Waals surface area contributed by atoms with Gasteiger partial charge < -0.3 is 29.2 Å². The highest BCUT2D eigenvalue weighted by Gasteiger charge is 2.37. The second kappa shape index (κ2) is 10.6. The molecule has 5 rings (SSSR count). The van der Waals surface area contributed by atoms with E-state index in [1.165, 1.54) is 12.1 Å². The molecule has 6 nitrogen and oxygen atoms in total. The molecule has 188 valence electrons. The van der Waals surface area contributed by atoms with Crippen LogP contribution in [0.25, 0.3) is 11.0 Å². The summed E-state index contributed by atoms with van der Waals surface area (Å²) in [6, 6.07) is 19.4. The van der Waals surface area contributed by atoms with E-state index in [1.807, 2.05) is 42.5 Å². The molecule has 3 N–H and O–H groups in total. The molecule has 4 atom stereocenters. The zero-order valence-corrected chi connectivity index (χ0v) is 20.1. The van der Waals surface area contributed by atoms with Crippen LogP contribution in [0, 0.1) is 5.82 Å². The number of rotatable bonds is 7. The minimum atomic E-state index is -1.12. The molecule has 0 amide bonds. The Balaban J connectivity index is 1.24. The van der Waals surface area contributed by atoms with Crippen molar-refractivity contribution < 1.29 is 33.6 Å². The zero-order valence-electron chi connectivity index (χ0n) is 19.3. The molecule has 0 saturated carbocycles. The standard InChI is InChI=1S/C28H26ClFO6/c29-23-8-4-17(26-13-24(32)28(33)27(14-31)36-26)10-19(23)9-16-1-6-21(7-2-16)34-15-22-11-18-3-5-20(30)12-25(18)35-22/h1-8,10-12,24,26-28,31-33H,9,13-15H2/t24-,26-,27-,28+/m1/s1. The highest BCUT2D eigenvalue weighted by molar-refractivity contribution is 6.31. The lowest BCUT2D eigenvalue weighted by molar-refractivity contribution is -0.181. The molecule has 1 fully saturated rings. The molecule has 1 saturated heterocycles. The third-order valence-corrected chi connectivity index (χ3v) is 6.79. The van der Waals surface area contributed by atoms with Crippen molar-refractivity contribution in [2.75, 3.05) is 6.61 Å². The first kappa shape index (κ1) is 24.7. The van der Waals surface area contributed by atoms with E-state index in [0.717, 1.165) is 22.1 Å². The number of aliphatic hydroxyl groups excluding tert-OH is 3. The number of fused-ring (bicyclic) bond motifs is 1. The van der Waals surface area contributed by atoms with Crippen molar-refractivity contribution in [2.24, 2.45) is 0 Å². The van der Waals surface area contributed by atoms with Gasteiger partial charge in [0.2, 0.25) is 0 Å². The predicted molar refractivity (Wildman–Crippen MR) is 133 cm³/mol. The molecule has 0 unspecified atom stereocenters. The average Bonchev–Trinajstić information content (AvgIpc) is 3.28. The lowest BCUT2D eigenvalue weighted by atomic mass is 9.92. The number of furan rings is 1. The quantitative estimate of drug-likeness (QED) is 0.325. The Morgan fingerprint density at radius 3 is 2.58 bits per heavy atom. The minimum absolute atomic E-state index is 0.223. The fourth-order valence-corrected chi connectivity index (χ4v) is 4.64. The van der Waals surface area contributed by atoms with Gasteiger partial charge in [-0.05, 0) is 59.5 Å². The van der Waals surface area contributed by atoms with Gasteiger partial charge in [-0.25, -0.2) is 4.39 Å². The van der Waals surface area contributed by atoms with Gasteiger partial charge in [-0.2, -0.15) is 0 Å². The molecular weight excluding hydrogens is 487 g/mol. The maximum atomic E-state index is 13.4. The Morgan fingerprint density at radius 2 is 1.81 bits per heavy atom. The largest absolute Gasteiger partial charge is 0.486 e. The summed E-state index contributed by atoms with van der Waals surface area (Å²) in [5, 5.41) is 31.0. The number of halogens is 2. The first-order valence-corrected chi connectivity index (χ1v) is 12.1. The van der Waals surface area contributed by atoms with Crippen LogP contribution in [0.5, 0.6) is 5.75 Å². The second-order valence-electron chi connectivity index (χ2n) is 8.99. The molecule has 4 aromatic rings. The number of ether oxygens (including phenoxy) is 2. The van der Waals surface area contributed by atoms with Crippen LogP contribution in [-0.4, -0.2) is 40.2 Å². The van der Waals surface area contributed by atoms with Gasteiger partial charge >= 0.3 is 0 Å². The van der Waals surface area contributed by atoms with E-state index < -0.39 is 24.4 Å². The van der Waals surface area contributed by atoms with E-state index in [2.05, 4.69) is 0 Å². The van der Waals surface area contributed by atoms with Gasteiger partial charge in [0, 0.05) is 22.9 Å². The van der Waals surface area contributed by atoms with Gasteiger partial charge in [0.25, 0.3) is 0 Å². The normalized spacial score (nSPS) is 22.1. The van der Waals surface area contributed by atoms with Crippen molar-refractivity contribution >= 4 is 22.6 Å². The van der Waals surface area contributed by atoms with Crippen LogP contribution in [0.3, 0.4) is 0 Å². The van der Waals surface area contributed by atoms with Gasteiger partial charge in [0.05, 0.1) is 18.8 Å². The Kier molecular flexibility index (Phi) is 7.27. The first-order valence-electron chi connectivity index (χ1n) is 11.7. The third-order valence-electron chi connectivity index (χ3n) is 6.42. The van der Waals surface area contributed by atoms with Crippen molar-refractivity contribution in [3.63, 3.8) is 0 Å². The van der Waals surface area contributed by atoms with Gasteiger partial charge in [-0.15, -0.1) is 0 Å². The Hall–Kier alpha value is -2.94. The zero-order chi connectivity index (χ0) is 25.2. The van der Waals surface area contributed by atoms with E-state index >= 15 is 0 Å². The number of benzene rings is 3. The molecule has 0 spiro atoms. The maximum Gasteiger partial charge on any atom is 0.146 e. The molecule has 1 aliphatic heterocycles. The van der Waals surface area contributed by atoms with Gasteiger partial charge in [0.15, 0.2) is 0 Å². The Morgan fingerprint density at radius 1 is 1.00 bits per heavy atom. The summed E-state index contributed by atoms with van der Waals surface area (Å²) in [4.78, 5) is 0. The van der Waals surface area contributed by atoms with Crippen LogP contribution in [0.2, 0.25) is 5.02 Å². The fraction of sp³-hybridized carbons (Fsp3) is 0.286. The number of aliphatic hydroxyl groups is 3. The van der Waals surface area contributed by atoms with E-state index in [9.17, 15) is 19.7 Å². The highest BCUT2D eigenvalue weighted by Crippen LogP contribution is 2.34. The highest BCUT2D eigenvalue weighted by atomic mass is 35.5. The number of hydrogen-bond acceptors (Lipinski definition) is 6. The molecule has 3 aromatic carbocycles. The molecular formula is C28H26ClFO6. The van der Waals surface area contributed by atoms with E-state index in [1.54, 1.807) is 12.1 Å². The first-order chi connectivity index (χ1) is 17.4. The molecule has 36 heavy (non-hydrogen) atoms. The van der Waals surface area contributed by atoms with Crippen LogP contribution in [-0.2, 0) is 17.8 Å². The van der Waals surface area contributed by atoms with Crippen molar-refractivity contribution in [2.45, 2.75) is 43.9 Å². The lowest BCUT2D eigenvalue weighted by Crippen LogP contribution is -2.47. The smallest absolute Gasteiger partial charge is 0.146 e. The summed E-state index contributed by atoms with van der Waals surface area (Å²) < 4.78 is 30.6. The van der Waals surface area contributed by atoms with Gasteiger partial charge in [-0.1, -0.05) is 35.9 Å². The van der Waals surface area contributed by atoms with Gasteiger partial charge in [0.1, 0.15) is 41.7 Å². The van der Waals surface area contributed by atoms with Crippen molar-refractivity contribution in [3.8, 4) is 5.75 Å². The van der Waals surface area contributed by atoms with Crippen molar-refractivity contribution in [3.05, 3.63) is 100 Å². The number of hydrogen-bond donors (Lipinski definition) is 3. The minimum Gasteiger partial charge on any atom is -0.486 e. The summed E-state index contributed by atoms with van der Waals surface area (Å²) in [6.45, 7) is -0.154. The van der Waals surface area contributed by atoms with Crippen LogP contribution < -0.4 is 4.74 Å². The topological polar surface area (TPSA) is 92.3 Å². The maximum absolute atomic E-state index is 13.4. The SMILES string of the molecule is OC[C@H]1O[C@@H](c2ccc(Cl)c(Cc3ccc(OCc4cc5ccc(F)cc5o4)cc3)c2)C[C@@H](O)[C@@H]1O. The average molecular weight is 513 g/mol. The Labute approximate surface area is 212 Å². The lowest BCUT2D eigenvalue weighted by Gasteiger charge is -2.36. The molecule has 0 aliphatic carbocycles. The van der Waals surface area contributed by atoms with E-state index in [0.29, 0.717) is 28.5 Å². The summed E-state index contributed by atoms with van der Waals surface area (Å²) in [5.74, 6) is 0.931. The molecule has 1 aromatic heterocycles. The monoisotopic (exact) mass is 512 g/mol. The van der Waals surface area contributed by atoms with Crippen LogP contribution >= 0.6 is 11.6 Å². The molecule has 0 bridgehead atoms. The molecule has 2 heterocycles.